The highest BCUT2D eigenvalue weighted by Crippen LogP contribution is 2.52. The van der Waals surface area contributed by atoms with Gasteiger partial charge in [0.25, 0.3) is 20.1 Å². The molecule has 0 fully saturated rings. The van der Waals surface area contributed by atoms with Crippen molar-refractivity contribution < 1.29 is 8.83 Å². The average Bonchev–Trinajstić information content (AvgIpc) is 1.16. The summed E-state index contributed by atoms with van der Waals surface area (Å²) < 4.78 is 13.8. The Bertz CT molecular complexity index is 4790. The van der Waals surface area contributed by atoms with Crippen molar-refractivity contribution in [3.8, 4) is 0 Å². The number of fused-ring (bicyclic) bond motifs is 20. The van der Waals surface area contributed by atoms with E-state index in [1.807, 2.05) is 0 Å². The fraction of sp³-hybridized carbons (Fsp3) is 0.108. The predicted octanol–water partition coefficient (Wildman–Crippen LogP) is 13.4. The predicted molar refractivity (Wildman–Crippen MR) is 351 cm³/mol. The van der Waals surface area contributed by atoms with Crippen LogP contribution in [0.1, 0.15) is 52.7 Å². The summed E-state index contributed by atoms with van der Waals surface area (Å²) >= 11 is 0. The largest absolute Gasteiger partial charge is 0.454 e. The zero-order chi connectivity index (χ0) is 55.1. The molecule has 6 nitrogen and oxygen atoms in total. The number of nitrogens with zero attached hydrogens (tertiary/aromatic N) is 4. The minimum atomic E-state index is -0.0965. The minimum absolute atomic E-state index is 0.0581. The van der Waals surface area contributed by atoms with E-state index in [0.717, 1.165) is 66.6 Å². The summed E-state index contributed by atoms with van der Waals surface area (Å²) in [5.41, 5.74) is 32.2. The van der Waals surface area contributed by atoms with E-state index in [1.165, 1.54) is 106 Å². The van der Waals surface area contributed by atoms with E-state index in [0.29, 0.717) is 0 Å². The van der Waals surface area contributed by atoms with E-state index in [-0.39, 0.29) is 31.0 Å². The Morgan fingerprint density at radius 2 is 0.627 bits per heavy atom. The van der Waals surface area contributed by atoms with Gasteiger partial charge in [-0.15, -0.1) is 0 Å². The molecule has 0 unspecified atom stereocenters. The van der Waals surface area contributed by atoms with Gasteiger partial charge in [0, 0.05) is 78.4 Å². The highest BCUT2D eigenvalue weighted by Gasteiger charge is 2.55. The molecule has 0 saturated carbocycles. The maximum absolute atomic E-state index is 6.92. The maximum atomic E-state index is 6.92. The van der Waals surface area contributed by atoms with E-state index in [4.69, 9.17) is 8.83 Å². The third-order valence-corrected chi connectivity index (χ3v) is 19.5. The van der Waals surface area contributed by atoms with Gasteiger partial charge in [0.05, 0.1) is 11.4 Å². The molecule has 83 heavy (non-hydrogen) atoms. The van der Waals surface area contributed by atoms with Crippen LogP contribution < -0.4 is 68.8 Å². The molecule has 0 atom stereocenters. The third-order valence-electron chi connectivity index (χ3n) is 19.5. The number of para-hydroxylation sites is 6. The van der Waals surface area contributed by atoms with Crippen molar-refractivity contribution in [1.29, 1.82) is 0 Å². The highest BCUT2D eigenvalue weighted by molar-refractivity contribution is 7.07. The van der Waals surface area contributed by atoms with Gasteiger partial charge in [-0.05, 0) is 144 Å². The van der Waals surface area contributed by atoms with Crippen molar-refractivity contribution in [2.24, 2.45) is 0 Å². The molecular weight excluding hydrogens is 1010 g/mol. The van der Waals surface area contributed by atoms with Crippen molar-refractivity contribution in [3.63, 3.8) is 0 Å². The lowest BCUT2D eigenvalue weighted by Crippen LogP contribution is -2.72. The van der Waals surface area contributed by atoms with Crippen molar-refractivity contribution in [1.82, 2.24) is 0 Å². The van der Waals surface area contributed by atoms with Crippen LogP contribution in [0.2, 0.25) is 0 Å². The topological polar surface area (TPSA) is 39.2 Å². The average molecular weight is 1060 g/mol. The van der Waals surface area contributed by atoms with E-state index in [1.54, 1.807) is 0 Å². The maximum Gasteiger partial charge on any atom is 0.252 e. The van der Waals surface area contributed by atoms with Gasteiger partial charge in [0.1, 0.15) is 11.2 Å². The van der Waals surface area contributed by atoms with Crippen LogP contribution in [0, 0.1) is 0 Å². The van der Waals surface area contributed by atoms with E-state index < -0.39 is 0 Å². The zero-order valence-electron chi connectivity index (χ0n) is 47.0. The molecule has 390 valence electrons. The second-order valence-corrected chi connectivity index (χ2v) is 25.9. The van der Waals surface area contributed by atoms with Crippen molar-refractivity contribution in [3.05, 3.63) is 223 Å². The summed E-state index contributed by atoms with van der Waals surface area (Å²) in [7, 11) is 0. The number of anilines is 12. The zero-order valence-corrected chi connectivity index (χ0v) is 47.0. The molecule has 0 aliphatic carbocycles. The summed E-state index contributed by atoms with van der Waals surface area (Å²) in [5, 5.41) is 4.48. The van der Waals surface area contributed by atoms with Gasteiger partial charge in [-0.2, -0.15) is 0 Å². The summed E-state index contributed by atoms with van der Waals surface area (Å²) in [5.74, 6) is 0. The Morgan fingerprint density at radius 3 is 1.08 bits per heavy atom. The Morgan fingerprint density at radius 1 is 0.277 bits per heavy atom. The highest BCUT2D eigenvalue weighted by atomic mass is 16.3. The SMILES string of the molecule is CC(C)(C)c1ccc2c(c1)B1c3cc(C(C)(C)C)ccc3N3c4cccc5c4B(c4ccccc4N5c4cccc5c4oc4ccccc45)c4cc5c(c1c43)N2c1cccc2c1B5c1ccccc1N2c1cccc2c1oc1ccccc12. The van der Waals surface area contributed by atoms with Gasteiger partial charge in [-0.1, -0.05) is 181 Å². The van der Waals surface area contributed by atoms with Crippen LogP contribution in [-0.4, -0.2) is 20.1 Å². The monoisotopic (exact) mass is 1060 g/mol. The quantitative estimate of drug-likeness (QED) is 0.161. The van der Waals surface area contributed by atoms with Crippen LogP contribution in [0.25, 0.3) is 43.9 Å². The van der Waals surface area contributed by atoms with Crippen LogP contribution >= 0.6 is 0 Å². The minimum Gasteiger partial charge on any atom is -0.454 e. The molecule has 8 heterocycles. The fourth-order valence-corrected chi connectivity index (χ4v) is 15.9. The normalized spacial score (nSPS) is 14.7. The molecule has 0 amide bonds. The summed E-state index contributed by atoms with van der Waals surface area (Å²) in [6.07, 6.45) is 0. The second kappa shape index (κ2) is 15.7. The molecule has 6 aliphatic heterocycles. The van der Waals surface area contributed by atoms with Crippen LogP contribution in [-0.2, 0) is 10.8 Å². The molecule has 2 aromatic heterocycles. The number of benzene rings is 11. The lowest BCUT2D eigenvalue weighted by atomic mass is 9.25. The first-order valence-corrected chi connectivity index (χ1v) is 29.4. The Hall–Kier alpha value is -9.59. The number of hydrogen-bond acceptors (Lipinski definition) is 6. The molecular formula is C74H53B3N4O2. The molecule has 6 aliphatic rings. The molecule has 19 rings (SSSR count). The van der Waals surface area contributed by atoms with E-state index in [2.05, 4.69) is 273 Å². The first kappa shape index (κ1) is 46.1. The second-order valence-electron chi connectivity index (χ2n) is 25.9. The van der Waals surface area contributed by atoms with Crippen molar-refractivity contribution >= 4 is 181 Å². The third kappa shape index (κ3) is 5.82. The lowest BCUT2D eigenvalue weighted by molar-refractivity contribution is 0.590. The Labute approximate surface area is 483 Å². The molecule has 0 spiro atoms. The van der Waals surface area contributed by atoms with Gasteiger partial charge in [0.15, 0.2) is 11.2 Å². The summed E-state index contributed by atoms with van der Waals surface area (Å²) in [6, 6.07) is 80.3. The van der Waals surface area contributed by atoms with Gasteiger partial charge < -0.3 is 28.4 Å². The van der Waals surface area contributed by atoms with Gasteiger partial charge in [-0.3, -0.25) is 0 Å². The Balaban J connectivity index is 0.944. The van der Waals surface area contributed by atoms with E-state index >= 15 is 0 Å². The van der Waals surface area contributed by atoms with E-state index in [9.17, 15) is 0 Å². The first-order valence-electron chi connectivity index (χ1n) is 29.4. The first-order chi connectivity index (χ1) is 40.5. The molecule has 0 saturated heterocycles. The van der Waals surface area contributed by atoms with Gasteiger partial charge >= 0.3 is 0 Å². The molecule has 9 heteroatoms. The van der Waals surface area contributed by atoms with Crippen LogP contribution in [0.5, 0.6) is 0 Å². The number of furan rings is 2. The van der Waals surface area contributed by atoms with Crippen molar-refractivity contribution in [2.75, 3.05) is 19.6 Å². The molecule has 0 radical (unpaired) electrons. The van der Waals surface area contributed by atoms with Crippen LogP contribution in [0.3, 0.4) is 0 Å². The molecule has 11 aromatic carbocycles. The Kier molecular flexibility index (Phi) is 8.71. The summed E-state index contributed by atoms with van der Waals surface area (Å²) in [4.78, 5) is 10.4. The standard InChI is InChI=1S/C74H53B3N4O2/c1-73(2,3)42-35-37-56-50(39-42)77-51-40-43(74(4,5)6)36-38-57(51)81-61-30-18-28-59-67(61)76(49-24-10-12-26-55(49)79(59)63-32-16-22-47-45-20-8-14-34-65(45)83-72(47)63)53-41-52-69(68(77)70(53)81)80(56)60-29-17-27-58-66(60)75(52)48-23-9-11-25-54(48)78(58)62-31-15-21-46-44-19-7-13-33-64(44)82-71(46)62/h7-41H,1-6H3. The molecule has 0 N–H and O–H groups in total. The summed E-state index contributed by atoms with van der Waals surface area (Å²) in [6.45, 7) is 13.9. The molecule has 13 aromatic rings. The number of rotatable bonds is 2. The van der Waals surface area contributed by atoms with Gasteiger partial charge in [-0.25, -0.2) is 0 Å². The number of hydrogen-bond donors (Lipinski definition) is 0. The van der Waals surface area contributed by atoms with Gasteiger partial charge in [0.2, 0.25) is 0 Å². The smallest absolute Gasteiger partial charge is 0.252 e. The molecule has 0 bridgehead atoms. The fourth-order valence-electron chi connectivity index (χ4n) is 15.9. The van der Waals surface area contributed by atoms with Crippen LogP contribution in [0.15, 0.2) is 221 Å². The van der Waals surface area contributed by atoms with Crippen molar-refractivity contribution in [2.45, 2.75) is 52.4 Å². The lowest BCUT2D eigenvalue weighted by Gasteiger charge is -2.53. The van der Waals surface area contributed by atoms with Crippen LogP contribution in [0.4, 0.5) is 68.2 Å².